The highest BCUT2D eigenvalue weighted by Gasteiger charge is 2.20. The summed E-state index contributed by atoms with van der Waals surface area (Å²) >= 11 is 0. The average Bonchev–Trinajstić information content (AvgIpc) is 3.36. The van der Waals surface area contributed by atoms with Crippen LogP contribution in [0.4, 0.5) is 5.69 Å². The monoisotopic (exact) mass is 564 g/mol. The summed E-state index contributed by atoms with van der Waals surface area (Å²) in [5.41, 5.74) is 2.83. The summed E-state index contributed by atoms with van der Waals surface area (Å²) in [6.07, 6.45) is 2.81. The molecule has 0 spiro atoms. The first-order chi connectivity index (χ1) is 17.6. The predicted octanol–water partition coefficient (Wildman–Crippen LogP) is 4.41. The molecular formula is C28H38Cl2N4O4. The third kappa shape index (κ3) is 7.96. The van der Waals surface area contributed by atoms with Crippen molar-refractivity contribution in [3.05, 3.63) is 72.1 Å². The number of para-hydroxylation sites is 2. The van der Waals surface area contributed by atoms with Gasteiger partial charge in [0.25, 0.3) is 5.91 Å². The van der Waals surface area contributed by atoms with Crippen molar-refractivity contribution in [2.24, 2.45) is 7.05 Å². The predicted molar refractivity (Wildman–Crippen MR) is 156 cm³/mol. The van der Waals surface area contributed by atoms with Crippen LogP contribution in [-0.4, -0.2) is 68.9 Å². The van der Waals surface area contributed by atoms with Crippen LogP contribution in [0.3, 0.4) is 0 Å². The van der Waals surface area contributed by atoms with Crippen molar-refractivity contribution < 1.29 is 19.0 Å². The van der Waals surface area contributed by atoms with E-state index in [1.54, 1.807) is 14.2 Å². The Bertz CT molecular complexity index is 1150. The SMILES string of the molecule is COc1ccc(COc2ccccc2N2CCN(CCCNC(=O)c3cccn3C)CC2)cc1OC.Cl.Cl. The van der Waals surface area contributed by atoms with Gasteiger partial charge in [0.15, 0.2) is 11.5 Å². The third-order valence-electron chi connectivity index (χ3n) is 6.53. The Hall–Kier alpha value is -3.07. The third-order valence-corrected chi connectivity index (χ3v) is 6.53. The summed E-state index contributed by atoms with van der Waals surface area (Å²) < 4.78 is 18.8. The van der Waals surface area contributed by atoms with Crippen LogP contribution in [0.2, 0.25) is 0 Å². The van der Waals surface area contributed by atoms with E-state index in [0.717, 1.165) is 56.1 Å². The van der Waals surface area contributed by atoms with Gasteiger partial charge >= 0.3 is 0 Å². The lowest BCUT2D eigenvalue weighted by Gasteiger charge is -2.36. The lowest BCUT2D eigenvalue weighted by atomic mass is 10.2. The zero-order valence-corrected chi connectivity index (χ0v) is 23.9. The number of nitrogens with zero attached hydrogens (tertiary/aromatic N) is 3. The number of aryl methyl sites for hydroxylation is 1. The Morgan fingerprint density at radius 3 is 2.32 bits per heavy atom. The molecule has 3 aromatic rings. The Morgan fingerprint density at radius 2 is 1.63 bits per heavy atom. The Morgan fingerprint density at radius 1 is 0.895 bits per heavy atom. The molecule has 1 aliphatic heterocycles. The molecule has 38 heavy (non-hydrogen) atoms. The van der Waals surface area contributed by atoms with E-state index in [9.17, 15) is 4.79 Å². The van der Waals surface area contributed by atoms with Gasteiger partial charge in [0.05, 0.1) is 19.9 Å². The molecule has 2 aromatic carbocycles. The number of carbonyl (C=O) groups is 1. The first-order valence-corrected chi connectivity index (χ1v) is 12.4. The van der Waals surface area contributed by atoms with E-state index in [0.29, 0.717) is 30.3 Å². The quantitative estimate of drug-likeness (QED) is 0.348. The first-order valence-electron chi connectivity index (χ1n) is 12.4. The van der Waals surface area contributed by atoms with Crippen molar-refractivity contribution in [2.45, 2.75) is 13.0 Å². The van der Waals surface area contributed by atoms with Gasteiger partial charge in [-0.2, -0.15) is 0 Å². The van der Waals surface area contributed by atoms with Gasteiger partial charge in [-0.15, -0.1) is 24.8 Å². The van der Waals surface area contributed by atoms with Gasteiger partial charge in [-0.25, -0.2) is 0 Å². The standard InChI is InChI=1S/C28H36N4O4.2ClH/c1-30-14-6-9-24(30)28(33)29-13-7-15-31-16-18-32(19-17-31)23-8-4-5-10-25(23)36-21-22-11-12-26(34-2)27(20-22)35-3;;/h4-6,8-12,14,20H,7,13,15-19,21H2,1-3H3,(H,29,33);2*1H. The van der Waals surface area contributed by atoms with Gasteiger partial charge in [-0.3, -0.25) is 9.69 Å². The number of carbonyl (C=O) groups excluding carboxylic acids is 1. The molecule has 1 aromatic heterocycles. The van der Waals surface area contributed by atoms with E-state index >= 15 is 0 Å². The van der Waals surface area contributed by atoms with Crippen LogP contribution in [0.15, 0.2) is 60.8 Å². The first kappa shape index (κ1) is 31.1. The molecule has 1 amide bonds. The molecule has 1 saturated heterocycles. The van der Waals surface area contributed by atoms with Gasteiger partial charge in [-0.05, 0) is 54.9 Å². The van der Waals surface area contributed by atoms with Crippen molar-refractivity contribution in [1.29, 1.82) is 0 Å². The molecule has 8 nitrogen and oxygen atoms in total. The van der Waals surface area contributed by atoms with Crippen molar-refractivity contribution in [2.75, 3.05) is 58.4 Å². The van der Waals surface area contributed by atoms with Crippen molar-refractivity contribution in [3.63, 3.8) is 0 Å². The average molecular weight is 566 g/mol. The van der Waals surface area contributed by atoms with Gasteiger partial charge < -0.3 is 29.0 Å². The second-order valence-electron chi connectivity index (χ2n) is 8.89. The molecule has 0 saturated carbocycles. The highest BCUT2D eigenvalue weighted by Crippen LogP contribution is 2.31. The molecule has 2 heterocycles. The number of anilines is 1. The fourth-order valence-electron chi connectivity index (χ4n) is 4.48. The summed E-state index contributed by atoms with van der Waals surface area (Å²) in [5, 5.41) is 3.02. The number of ether oxygens (including phenoxy) is 3. The van der Waals surface area contributed by atoms with Crippen LogP contribution < -0.4 is 24.4 Å². The van der Waals surface area contributed by atoms with Crippen LogP contribution >= 0.6 is 24.8 Å². The molecule has 208 valence electrons. The minimum atomic E-state index is -0.0167. The van der Waals surface area contributed by atoms with E-state index in [4.69, 9.17) is 14.2 Å². The molecule has 0 bridgehead atoms. The number of nitrogens with one attached hydrogen (secondary N) is 1. The van der Waals surface area contributed by atoms with Crippen molar-refractivity contribution >= 4 is 36.4 Å². The Kier molecular flexibility index (Phi) is 12.6. The fraction of sp³-hybridized carbons (Fsp3) is 0.393. The largest absolute Gasteiger partial charge is 0.493 e. The number of methoxy groups -OCH3 is 2. The number of benzene rings is 2. The lowest BCUT2D eigenvalue weighted by molar-refractivity contribution is 0.0943. The zero-order valence-electron chi connectivity index (χ0n) is 22.2. The number of amides is 1. The molecule has 1 fully saturated rings. The number of aromatic nitrogens is 1. The Balaban J connectivity index is 0.00000253. The summed E-state index contributed by atoms with van der Waals surface area (Å²) in [7, 11) is 5.15. The van der Waals surface area contributed by atoms with E-state index < -0.39 is 0 Å². The summed E-state index contributed by atoms with van der Waals surface area (Å²) in [6, 6.07) is 17.8. The maximum atomic E-state index is 12.2. The normalized spacial score (nSPS) is 13.2. The van der Waals surface area contributed by atoms with Crippen molar-refractivity contribution in [1.82, 2.24) is 14.8 Å². The van der Waals surface area contributed by atoms with Gasteiger partial charge in [0.1, 0.15) is 18.1 Å². The lowest BCUT2D eigenvalue weighted by Crippen LogP contribution is -2.47. The van der Waals surface area contributed by atoms with E-state index in [1.165, 1.54) is 0 Å². The summed E-state index contributed by atoms with van der Waals surface area (Å²) in [4.78, 5) is 17.1. The highest BCUT2D eigenvalue weighted by molar-refractivity contribution is 5.92. The molecule has 0 aliphatic carbocycles. The van der Waals surface area contributed by atoms with Gasteiger partial charge in [0.2, 0.25) is 0 Å². The maximum absolute atomic E-state index is 12.2. The number of hydrogen-bond donors (Lipinski definition) is 1. The summed E-state index contributed by atoms with van der Waals surface area (Å²) in [6.45, 7) is 5.94. The van der Waals surface area contributed by atoms with Gasteiger partial charge in [0, 0.05) is 46.0 Å². The highest BCUT2D eigenvalue weighted by atomic mass is 35.5. The van der Waals surface area contributed by atoms with Crippen LogP contribution in [-0.2, 0) is 13.7 Å². The maximum Gasteiger partial charge on any atom is 0.267 e. The number of hydrogen-bond acceptors (Lipinski definition) is 6. The molecule has 0 radical (unpaired) electrons. The second kappa shape index (κ2) is 15.4. The minimum absolute atomic E-state index is 0. The van der Waals surface area contributed by atoms with Crippen molar-refractivity contribution in [3.8, 4) is 17.2 Å². The topological polar surface area (TPSA) is 68.2 Å². The molecule has 0 atom stereocenters. The van der Waals surface area contributed by atoms with E-state index in [1.807, 2.05) is 60.3 Å². The van der Waals surface area contributed by atoms with Gasteiger partial charge in [-0.1, -0.05) is 18.2 Å². The van der Waals surface area contributed by atoms with Crippen LogP contribution in [0, 0.1) is 0 Å². The number of piperazine rings is 1. The van der Waals surface area contributed by atoms with E-state index in [2.05, 4.69) is 27.2 Å². The fourth-order valence-corrected chi connectivity index (χ4v) is 4.48. The number of halogens is 2. The van der Waals surface area contributed by atoms with E-state index in [-0.39, 0.29) is 30.7 Å². The molecule has 1 aliphatic rings. The van der Waals surface area contributed by atoms with Crippen LogP contribution in [0.1, 0.15) is 22.5 Å². The smallest absolute Gasteiger partial charge is 0.267 e. The summed E-state index contributed by atoms with van der Waals surface area (Å²) in [5.74, 6) is 2.27. The molecule has 10 heteroatoms. The Labute approximate surface area is 237 Å². The second-order valence-corrected chi connectivity index (χ2v) is 8.89. The minimum Gasteiger partial charge on any atom is -0.493 e. The molecule has 1 N–H and O–H groups in total. The number of rotatable bonds is 11. The molecule has 0 unspecified atom stereocenters. The van der Waals surface area contributed by atoms with Crippen LogP contribution in [0.5, 0.6) is 17.2 Å². The van der Waals surface area contributed by atoms with Crippen LogP contribution in [0.25, 0.3) is 0 Å². The zero-order chi connectivity index (χ0) is 25.3. The molecular weight excluding hydrogens is 527 g/mol. The molecule has 4 rings (SSSR count).